The standard InChI is InChI=1S/C47H51N3O5/c1-5-8-33-9-6-10-34(25-33)30-55-47-45(39-12-7-11-38(26-39)32(4)51)50(23-24-54-47)44(52)29-49-21-19-36(20-22-49)42-28-48-43-18-17-40(27-41(42)43)46(53)37-15-13-35(14-16-37)31(2)3/h5-18,25-28,31,36,45,47-48H,19-24,29-30H2,1-4H3/b8-5+. The number of rotatable bonds is 12. The highest BCUT2D eigenvalue weighted by molar-refractivity contribution is 6.10. The summed E-state index contributed by atoms with van der Waals surface area (Å²) >= 11 is 0. The van der Waals surface area contributed by atoms with Crippen molar-refractivity contribution in [3.05, 3.63) is 148 Å². The number of piperidine rings is 1. The summed E-state index contributed by atoms with van der Waals surface area (Å²) in [5, 5.41) is 1.09. The van der Waals surface area contributed by atoms with Crippen molar-refractivity contribution in [2.75, 3.05) is 32.8 Å². The van der Waals surface area contributed by atoms with Crippen molar-refractivity contribution >= 4 is 34.5 Å². The van der Waals surface area contributed by atoms with Gasteiger partial charge in [0.15, 0.2) is 17.9 Å². The topological polar surface area (TPSA) is 91.9 Å². The van der Waals surface area contributed by atoms with Gasteiger partial charge in [-0.3, -0.25) is 19.3 Å². The predicted molar refractivity (Wildman–Crippen MR) is 217 cm³/mol. The molecule has 8 nitrogen and oxygen atoms in total. The molecule has 3 heterocycles. The van der Waals surface area contributed by atoms with Crippen molar-refractivity contribution in [2.24, 2.45) is 0 Å². The number of amides is 1. The number of H-pyrrole nitrogens is 1. The highest BCUT2D eigenvalue weighted by Crippen LogP contribution is 2.36. The molecule has 2 aliphatic heterocycles. The Labute approximate surface area is 324 Å². The molecule has 2 unspecified atom stereocenters. The van der Waals surface area contributed by atoms with Crippen molar-refractivity contribution in [3.63, 3.8) is 0 Å². The number of fused-ring (bicyclic) bond motifs is 1. The van der Waals surface area contributed by atoms with Gasteiger partial charge in [0, 0.05) is 40.3 Å². The van der Waals surface area contributed by atoms with Crippen LogP contribution in [0.5, 0.6) is 0 Å². The second kappa shape index (κ2) is 17.1. The minimum atomic E-state index is -0.700. The third kappa shape index (κ3) is 8.73. The maximum atomic E-state index is 14.2. The quantitative estimate of drug-likeness (QED) is 0.129. The van der Waals surface area contributed by atoms with E-state index in [1.807, 2.05) is 103 Å². The first-order chi connectivity index (χ1) is 26.7. The molecule has 0 bridgehead atoms. The van der Waals surface area contributed by atoms with E-state index in [0.29, 0.717) is 48.3 Å². The van der Waals surface area contributed by atoms with Crippen LogP contribution in [0.15, 0.2) is 103 Å². The lowest BCUT2D eigenvalue weighted by molar-refractivity contribution is -0.217. The summed E-state index contributed by atoms with van der Waals surface area (Å²) in [6.45, 7) is 10.8. The molecule has 2 atom stereocenters. The van der Waals surface area contributed by atoms with Gasteiger partial charge in [0.25, 0.3) is 0 Å². The van der Waals surface area contributed by atoms with Gasteiger partial charge in [-0.15, -0.1) is 0 Å². The number of benzene rings is 4. The van der Waals surface area contributed by atoms with Crippen molar-refractivity contribution in [3.8, 4) is 0 Å². The predicted octanol–water partition coefficient (Wildman–Crippen LogP) is 9.08. The van der Waals surface area contributed by atoms with Crippen LogP contribution >= 0.6 is 0 Å². The molecular weight excluding hydrogens is 687 g/mol. The van der Waals surface area contributed by atoms with E-state index in [4.69, 9.17) is 9.47 Å². The number of hydrogen-bond donors (Lipinski definition) is 1. The highest BCUT2D eigenvalue weighted by Gasteiger charge is 2.38. The molecule has 1 amide bonds. The molecular formula is C47H51N3O5. The number of hydrogen-bond acceptors (Lipinski definition) is 6. The minimum absolute atomic E-state index is 0.0142. The Morgan fingerprint density at radius 2 is 1.65 bits per heavy atom. The molecule has 2 saturated heterocycles. The number of morpholine rings is 1. The van der Waals surface area contributed by atoms with Crippen LogP contribution in [0.2, 0.25) is 0 Å². The van der Waals surface area contributed by atoms with Crippen LogP contribution in [0.4, 0.5) is 0 Å². The maximum absolute atomic E-state index is 14.2. The van der Waals surface area contributed by atoms with Crippen LogP contribution < -0.4 is 0 Å². The van der Waals surface area contributed by atoms with Crippen LogP contribution in [-0.4, -0.2) is 71.3 Å². The first-order valence-corrected chi connectivity index (χ1v) is 19.5. The van der Waals surface area contributed by atoms with E-state index < -0.39 is 12.3 Å². The van der Waals surface area contributed by atoms with Crippen molar-refractivity contribution in [1.82, 2.24) is 14.8 Å². The number of aromatic amines is 1. The van der Waals surface area contributed by atoms with Crippen LogP contribution in [0, 0.1) is 0 Å². The fraction of sp³-hybridized carbons (Fsp3) is 0.340. The molecule has 2 fully saturated rings. The summed E-state index contributed by atoms with van der Waals surface area (Å²) in [7, 11) is 0. The average Bonchev–Trinajstić information content (AvgIpc) is 3.63. The molecule has 2 aliphatic rings. The smallest absolute Gasteiger partial charge is 0.237 e. The van der Waals surface area contributed by atoms with Gasteiger partial charge in [-0.1, -0.05) is 86.7 Å². The largest absolute Gasteiger partial charge is 0.361 e. The van der Waals surface area contributed by atoms with Crippen LogP contribution in [0.1, 0.15) is 113 Å². The lowest BCUT2D eigenvalue weighted by Gasteiger charge is -2.42. The van der Waals surface area contributed by atoms with Gasteiger partial charge < -0.3 is 19.4 Å². The molecule has 0 saturated carbocycles. The zero-order chi connectivity index (χ0) is 38.5. The van der Waals surface area contributed by atoms with Crippen molar-refractivity contribution in [2.45, 2.75) is 71.3 Å². The Morgan fingerprint density at radius 1 is 0.891 bits per heavy atom. The molecule has 0 radical (unpaired) electrons. The van der Waals surface area contributed by atoms with Crippen LogP contribution in [-0.2, 0) is 20.9 Å². The zero-order valence-electron chi connectivity index (χ0n) is 32.3. The van der Waals surface area contributed by atoms with E-state index in [0.717, 1.165) is 53.5 Å². The van der Waals surface area contributed by atoms with Gasteiger partial charge in [-0.25, -0.2) is 0 Å². The number of carbonyl (C=O) groups is 3. The number of aromatic nitrogens is 1. The molecule has 1 aromatic heterocycles. The normalized spacial score (nSPS) is 18.4. The first kappa shape index (κ1) is 38.1. The number of ketones is 2. The number of likely N-dealkylation sites (tertiary alicyclic amines) is 1. The average molecular weight is 738 g/mol. The van der Waals surface area contributed by atoms with Gasteiger partial charge in [-0.05, 0) is 110 Å². The Morgan fingerprint density at radius 3 is 2.40 bits per heavy atom. The zero-order valence-corrected chi connectivity index (χ0v) is 32.3. The molecule has 1 N–H and O–H groups in total. The third-order valence-electron chi connectivity index (χ3n) is 11.1. The Hall–Kier alpha value is -5.15. The Balaban J connectivity index is 1.03. The Kier molecular flexibility index (Phi) is 11.9. The van der Waals surface area contributed by atoms with Crippen LogP contribution in [0.3, 0.4) is 0 Å². The van der Waals surface area contributed by atoms with E-state index in [-0.39, 0.29) is 24.0 Å². The number of ether oxygens (including phenoxy) is 2. The monoisotopic (exact) mass is 737 g/mol. The maximum Gasteiger partial charge on any atom is 0.237 e. The number of allylic oxidation sites excluding steroid dienone is 1. The first-order valence-electron chi connectivity index (χ1n) is 19.5. The molecule has 55 heavy (non-hydrogen) atoms. The van der Waals surface area contributed by atoms with Gasteiger partial charge in [0.05, 0.1) is 19.8 Å². The summed E-state index contributed by atoms with van der Waals surface area (Å²) in [5.41, 5.74) is 8.35. The molecule has 8 heteroatoms. The second-order valence-electron chi connectivity index (χ2n) is 15.2. The van der Waals surface area contributed by atoms with E-state index in [9.17, 15) is 14.4 Å². The SMILES string of the molecule is C/C=C/c1cccc(COC2OCCN(C(=O)CN3CCC(c4c[nH]c5ccc(C(=O)c6ccc(C(C)C)cc6)cc45)CC3)C2c2cccc(C(C)=O)c2)c1. The number of Topliss-reactive ketones (excluding diaryl/α,β-unsaturated/α-hetero) is 1. The van der Waals surface area contributed by atoms with E-state index in [2.05, 4.69) is 36.0 Å². The van der Waals surface area contributed by atoms with Gasteiger partial charge >= 0.3 is 0 Å². The van der Waals surface area contributed by atoms with E-state index >= 15 is 0 Å². The third-order valence-corrected chi connectivity index (χ3v) is 11.1. The molecule has 284 valence electrons. The lowest BCUT2D eigenvalue weighted by atomic mass is 9.88. The fourth-order valence-electron chi connectivity index (χ4n) is 7.99. The van der Waals surface area contributed by atoms with Crippen molar-refractivity contribution < 1.29 is 23.9 Å². The summed E-state index contributed by atoms with van der Waals surface area (Å²) in [6.07, 6.45) is 7.25. The molecule has 0 spiro atoms. The molecule has 7 rings (SSSR count). The lowest BCUT2D eigenvalue weighted by Crippen LogP contribution is -2.52. The number of nitrogens with zero attached hydrogens (tertiary/aromatic N) is 2. The van der Waals surface area contributed by atoms with Gasteiger partial charge in [0.1, 0.15) is 6.04 Å². The Bertz CT molecular complexity index is 2180. The van der Waals surface area contributed by atoms with Gasteiger partial charge in [-0.2, -0.15) is 0 Å². The second-order valence-corrected chi connectivity index (χ2v) is 15.2. The molecule has 0 aliphatic carbocycles. The number of carbonyl (C=O) groups excluding carboxylic acids is 3. The van der Waals surface area contributed by atoms with Crippen LogP contribution in [0.25, 0.3) is 17.0 Å². The molecule has 4 aromatic carbocycles. The number of nitrogens with one attached hydrogen (secondary N) is 1. The fourth-order valence-corrected chi connectivity index (χ4v) is 7.99. The molecule has 5 aromatic rings. The minimum Gasteiger partial charge on any atom is -0.361 e. The van der Waals surface area contributed by atoms with E-state index in [1.54, 1.807) is 13.0 Å². The van der Waals surface area contributed by atoms with Crippen molar-refractivity contribution in [1.29, 1.82) is 0 Å². The highest BCUT2D eigenvalue weighted by atomic mass is 16.7. The summed E-state index contributed by atoms with van der Waals surface area (Å²) in [4.78, 5) is 47.6. The summed E-state index contributed by atoms with van der Waals surface area (Å²) < 4.78 is 12.6. The summed E-state index contributed by atoms with van der Waals surface area (Å²) in [5.74, 6) is 0.728. The van der Waals surface area contributed by atoms with Gasteiger partial charge in [0.2, 0.25) is 5.91 Å². The summed E-state index contributed by atoms with van der Waals surface area (Å²) in [6, 6.07) is 29.0. The van der Waals surface area contributed by atoms with E-state index in [1.165, 1.54) is 11.1 Å².